The van der Waals surface area contributed by atoms with E-state index in [-0.39, 0.29) is 0 Å². The molecule has 0 saturated carbocycles. The molecule has 0 bridgehead atoms. The molecule has 6 heteroatoms. The van der Waals surface area contributed by atoms with Gasteiger partial charge >= 0.3 is 0 Å². The predicted molar refractivity (Wildman–Crippen MR) is 94.8 cm³/mol. The first kappa shape index (κ1) is 15.3. The molecule has 6 nitrogen and oxygen atoms in total. The fourth-order valence-corrected chi connectivity index (χ4v) is 2.87. The van der Waals surface area contributed by atoms with Crippen molar-refractivity contribution >= 4 is 11.1 Å². The SMILES string of the molecule is COc1ccc(OC)c(-c2cc3nccc(-c4cnn(C)c4)c3o2)c1. The Morgan fingerprint density at radius 3 is 2.64 bits per heavy atom. The molecule has 0 atom stereocenters. The lowest BCUT2D eigenvalue weighted by Crippen LogP contribution is -1.89. The second-order valence-electron chi connectivity index (χ2n) is 5.65. The van der Waals surface area contributed by atoms with E-state index in [4.69, 9.17) is 13.9 Å². The second kappa shape index (κ2) is 5.98. The highest BCUT2D eigenvalue weighted by Gasteiger charge is 2.16. The van der Waals surface area contributed by atoms with Gasteiger partial charge in [-0.3, -0.25) is 9.67 Å². The number of rotatable bonds is 4. The van der Waals surface area contributed by atoms with Crippen LogP contribution in [0, 0.1) is 0 Å². The summed E-state index contributed by atoms with van der Waals surface area (Å²) in [5, 5.41) is 4.23. The topological polar surface area (TPSA) is 62.3 Å². The van der Waals surface area contributed by atoms with E-state index in [2.05, 4.69) is 10.1 Å². The summed E-state index contributed by atoms with van der Waals surface area (Å²) in [6.45, 7) is 0. The van der Waals surface area contributed by atoms with Crippen molar-refractivity contribution in [2.75, 3.05) is 14.2 Å². The van der Waals surface area contributed by atoms with Gasteiger partial charge in [-0.05, 0) is 24.3 Å². The van der Waals surface area contributed by atoms with Crippen molar-refractivity contribution in [3.8, 4) is 33.9 Å². The van der Waals surface area contributed by atoms with Crippen LogP contribution in [0.25, 0.3) is 33.6 Å². The Labute approximate surface area is 144 Å². The molecule has 0 amide bonds. The zero-order chi connectivity index (χ0) is 17.4. The normalized spacial score (nSPS) is 11.0. The van der Waals surface area contributed by atoms with E-state index < -0.39 is 0 Å². The summed E-state index contributed by atoms with van der Waals surface area (Å²) in [5.74, 6) is 2.12. The number of pyridine rings is 1. The van der Waals surface area contributed by atoms with Crippen molar-refractivity contribution in [1.82, 2.24) is 14.8 Å². The maximum absolute atomic E-state index is 6.16. The van der Waals surface area contributed by atoms with E-state index in [0.29, 0.717) is 11.5 Å². The highest BCUT2D eigenvalue weighted by atomic mass is 16.5. The first-order chi connectivity index (χ1) is 12.2. The van der Waals surface area contributed by atoms with Gasteiger partial charge in [-0.2, -0.15) is 5.10 Å². The summed E-state index contributed by atoms with van der Waals surface area (Å²) in [7, 11) is 5.15. The molecule has 4 aromatic rings. The van der Waals surface area contributed by atoms with Gasteiger partial charge in [0.25, 0.3) is 0 Å². The Balaban J connectivity index is 1.91. The number of hydrogen-bond acceptors (Lipinski definition) is 5. The van der Waals surface area contributed by atoms with Crippen LogP contribution >= 0.6 is 0 Å². The molecule has 0 saturated heterocycles. The van der Waals surface area contributed by atoms with Gasteiger partial charge in [-0.15, -0.1) is 0 Å². The number of aromatic nitrogens is 3. The molecule has 0 fully saturated rings. The van der Waals surface area contributed by atoms with Gasteiger partial charge < -0.3 is 13.9 Å². The van der Waals surface area contributed by atoms with E-state index >= 15 is 0 Å². The number of aryl methyl sites for hydroxylation is 1. The van der Waals surface area contributed by atoms with E-state index in [1.807, 2.05) is 49.8 Å². The minimum Gasteiger partial charge on any atom is -0.497 e. The lowest BCUT2D eigenvalue weighted by Gasteiger charge is -2.08. The quantitative estimate of drug-likeness (QED) is 0.566. The second-order valence-corrected chi connectivity index (χ2v) is 5.65. The van der Waals surface area contributed by atoms with Gasteiger partial charge in [-0.1, -0.05) is 0 Å². The van der Waals surface area contributed by atoms with E-state index in [0.717, 1.165) is 33.5 Å². The van der Waals surface area contributed by atoms with Crippen LogP contribution in [0.5, 0.6) is 11.5 Å². The number of furan rings is 1. The van der Waals surface area contributed by atoms with Crippen LogP contribution in [0.15, 0.2) is 53.3 Å². The zero-order valence-corrected chi connectivity index (χ0v) is 14.2. The molecule has 0 spiro atoms. The van der Waals surface area contributed by atoms with Crippen molar-refractivity contribution in [1.29, 1.82) is 0 Å². The fourth-order valence-electron chi connectivity index (χ4n) is 2.87. The standard InChI is InChI=1S/C19H17N3O3/c1-22-11-12(10-21-22)14-6-7-20-16-9-18(25-19(14)16)15-8-13(23-2)4-5-17(15)24-3/h4-11H,1-3H3. The molecule has 0 radical (unpaired) electrons. The maximum Gasteiger partial charge on any atom is 0.161 e. The van der Waals surface area contributed by atoms with Crippen molar-refractivity contribution < 1.29 is 13.9 Å². The maximum atomic E-state index is 6.16. The van der Waals surface area contributed by atoms with Gasteiger partial charge in [0.2, 0.25) is 0 Å². The number of benzene rings is 1. The number of nitrogens with zero attached hydrogens (tertiary/aromatic N) is 3. The number of hydrogen-bond donors (Lipinski definition) is 0. The summed E-state index contributed by atoms with van der Waals surface area (Å²) in [6, 6.07) is 9.43. The third-order valence-electron chi connectivity index (χ3n) is 4.10. The molecule has 0 N–H and O–H groups in total. The Morgan fingerprint density at radius 2 is 1.92 bits per heavy atom. The van der Waals surface area contributed by atoms with Crippen LogP contribution in [-0.4, -0.2) is 29.0 Å². The predicted octanol–water partition coefficient (Wildman–Crippen LogP) is 3.91. The Bertz CT molecular complexity index is 1050. The number of ether oxygens (including phenoxy) is 2. The Morgan fingerprint density at radius 1 is 1.04 bits per heavy atom. The Kier molecular flexibility index (Phi) is 3.65. The minimum absolute atomic E-state index is 0.676. The lowest BCUT2D eigenvalue weighted by molar-refractivity contribution is 0.403. The minimum atomic E-state index is 0.676. The van der Waals surface area contributed by atoms with Crippen molar-refractivity contribution in [3.63, 3.8) is 0 Å². The van der Waals surface area contributed by atoms with Crippen LogP contribution < -0.4 is 9.47 Å². The first-order valence-electron chi connectivity index (χ1n) is 7.79. The van der Waals surface area contributed by atoms with Crippen molar-refractivity contribution in [2.45, 2.75) is 0 Å². The van der Waals surface area contributed by atoms with Gasteiger partial charge in [-0.25, -0.2) is 0 Å². The largest absolute Gasteiger partial charge is 0.497 e. The monoisotopic (exact) mass is 335 g/mol. The molecular formula is C19H17N3O3. The molecule has 0 unspecified atom stereocenters. The summed E-state index contributed by atoms with van der Waals surface area (Å²) < 4.78 is 18.7. The molecule has 3 heterocycles. The molecular weight excluding hydrogens is 318 g/mol. The molecule has 0 aliphatic carbocycles. The molecule has 126 valence electrons. The molecule has 4 rings (SSSR count). The summed E-state index contributed by atoms with van der Waals surface area (Å²) in [4.78, 5) is 4.43. The van der Waals surface area contributed by atoms with Crippen LogP contribution in [0.3, 0.4) is 0 Å². The van der Waals surface area contributed by atoms with Crippen LogP contribution in [0.2, 0.25) is 0 Å². The molecule has 1 aromatic carbocycles. The van der Waals surface area contributed by atoms with Crippen molar-refractivity contribution in [2.24, 2.45) is 7.05 Å². The number of fused-ring (bicyclic) bond motifs is 1. The fraction of sp³-hybridized carbons (Fsp3) is 0.158. The average molecular weight is 335 g/mol. The van der Waals surface area contributed by atoms with Crippen LogP contribution in [-0.2, 0) is 7.05 Å². The molecule has 0 aliphatic heterocycles. The zero-order valence-electron chi connectivity index (χ0n) is 14.2. The van der Waals surface area contributed by atoms with Gasteiger partial charge in [0.1, 0.15) is 22.8 Å². The highest BCUT2D eigenvalue weighted by Crippen LogP contribution is 2.38. The van der Waals surface area contributed by atoms with Crippen LogP contribution in [0.4, 0.5) is 0 Å². The lowest BCUT2D eigenvalue weighted by atomic mass is 10.1. The molecule has 0 aliphatic rings. The summed E-state index contributed by atoms with van der Waals surface area (Å²) in [5.41, 5.74) is 4.24. The third kappa shape index (κ3) is 2.61. The third-order valence-corrected chi connectivity index (χ3v) is 4.10. The smallest absolute Gasteiger partial charge is 0.161 e. The van der Waals surface area contributed by atoms with Gasteiger partial charge in [0.15, 0.2) is 5.58 Å². The van der Waals surface area contributed by atoms with E-state index in [9.17, 15) is 0 Å². The van der Waals surface area contributed by atoms with E-state index in [1.165, 1.54) is 0 Å². The van der Waals surface area contributed by atoms with Gasteiger partial charge in [0.05, 0.1) is 26.0 Å². The van der Waals surface area contributed by atoms with E-state index in [1.54, 1.807) is 25.1 Å². The van der Waals surface area contributed by atoms with Gasteiger partial charge in [0, 0.05) is 36.6 Å². The van der Waals surface area contributed by atoms with Crippen LogP contribution in [0.1, 0.15) is 0 Å². The molecule has 25 heavy (non-hydrogen) atoms. The summed E-state index contributed by atoms with van der Waals surface area (Å²) in [6.07, 6.45) is 5.53. The highest BCUT2D eigenvalue weighted by molar-refractivity contribution is 5.92. The summed E-state index contributed by atoms with van der Waals surface area (Å²) >= 11 is 0. The molecule has 3 aromatic heterocycles. The average Bonchev–Trinajstić information content (AvgIpc) is 3.26. The number of methoxy groups -OCH3 is 2. The first-order valence-corrected chi connectivity index (χ1v) is 7.79. The Hall–Kier alpha value is -3.28. The van der Waals surface area contributed by atoms with Crippen molar-refractivity contribution in [3.05, 3.63) is 48.9 Å².